The van der Waals surface area contributed by atoms with Crippen LogP contribution in [0, 0.1) is 6.92 Å². The third kappa shape index (κ3) is 1.83. The first-order valence-corrected chi connectivity index (χ1v) is 3.24. The van der Waals surface area contributed by atoms with Crippen molar-refractivity contribution >= 4 is 0 Å². The number of hydrogen-bond donors (Lipinski definition) is 0. The molecule has 0 N–H and O–H groups in total. The van der Waals surface area contributed by atoms with Crippen LogP contribution in [0.3, 0.4) is 0 Å². The number of aromatic nitrogens is 1. The fourth-order valence-electron chi connectivity index (χ4n) is 0.897. The van der Waals surface area contributed by atoms with E-state index < -0.39 is 29.4 Å². The maximum Gasteiger partial charge on any atom is 0.453 e. The molecule has 0 saturated carbocycles. The summed E-state index contributed by atoms with van der Waals surface area (Å²) >= 11 is 0. The summed E-state index contributed by atoms with van der Waals surface area (Å²) in [4.78, 5) is 0. The van der Waals surface area contributed by atoms with Crippen LogP contribution in [0.25, 0.3) is 0 Å². The van der Waals surface area contributed by atoms with Crippen molar-refractivity contribution in [2.24, 2.45) is 0 Å². The van der Waals surface area contributed by atoms with Crippen molar-refractivity contribution in [1.82, 2.24) is 5.16 Å². The maximum atomic E-state index is 12.1. The van der Waals surface area contributed by atoms with Gasteiger partial charge < -0.3 is 4.52 Å². The van der Waals surface area contributed by atoms with E-state index in [2.05, 4.69) is 9.68 Å². The van der Waals surface area contributed by atoms with E-state index in [9.17, 15) is 26.3 Å². The van der Waals surface area contributed by atoms with Crippen molar-refractivity contribution in [2.75, 3.05) is 0 Å². The number of rotatable bonds is 0. The Morgan fingerprint density at radius 2 is 1.50 bits per heavy atom. The fourth-order valence-corrected chi connectivity index (χ4v) is 0.897. The highest BCUT2D eigenvalue weighted by Crippen LogP contribution is 2.41. The molecule has 14 heavy (non-hydrogen) atoms. The zero-order valence-electron chi connectivity index (χ0n) is 6.62. The summed E-state index contributed by atoms with van der Waals surface area (Å²) in [5.41, 5.74) is -2.70. The quantitative estimate of drug-likeness (QED) is 0.627. The van der Waals surface area contributed by atoms with Crippen molar-refractivity contribution in [3.05, 3.63) is 17.0 Å². The van der Waals surface area contributed by atoms with Gasteiger partial charge in [-0.05, 0) is 6.92 Å². The molecule has 1 heterocycles. The van der Waals surface area contributed by atoms with Gasteiger partial charge in [0.15, 0.2) is 0 Å². The van der Waals surface area contributed by atoms with E-state index >= 15 is 0 Å². The summed E-state index contributed by atoms with van der Waals surface area (Å²) in [6.07, 6.45) is -10.3. The highest BCUT2D eigenvalue weighted by atomic mass is 19.4. The number of nitrogens with zero attached hydrogens (tertiary/aromatic N) is 1. The molecule has 0 aromatic carbocycles. The molecule has 0 amide bonds. The van der Waals surface area contributed by atoms with Crippen LogP contribution < -0.4 is 0 Å². The third-order valence-electron chi connectivity index (χ3n) is 1.40. The first-order valence-electron chi connectivity index (χ1n) is 3.24. The van der Waals surface area contributed by atoms with Crippen LogP contribution in [0.2, 0.25) is 0 Å². The van der Waals surface area contributed by atoms with E-state index in [0.29, 0.717) is 0 Å². The van der Waals surface area contributed by atoms with Crippen molar-refractivity contribution in [1.29, 1.82) is 0 Å². The first-order chi connectivity index (χ1) is 6.14. The Morgan fingerprint density at radius 3 is 1.79 bits per heavy atom. The molecule has 0 fully saturated rings. The van der Waals surface area contributed by atoms with E-state index in [1.807, 2.05) is 0 Å². The summed E-state index contributed by atoms with van der Waals surface area (Å²) in [5, 5.41) is 2.63. The van der Waals surface area contributed by atoms with Gasteiger partial charge in [-0.3, -0.25) is 0 Å². The van der Waals surface area contributed by atoms with Gasteiger partial charge in [0, 0.05) is 0 Å². The Balaban J connectivity index is 3.35. The smallest absolute Gasteiger partial charge is 0.351 e. The molecule has 0 bridgehead atoms. The Bertz CT molecular complexity index is 335. The zero-order valence-corrected chi connectivity index (χ0v) is 6.62. The molecule has 1 aromatic rings. The largest absolute Gasteiger partial charge is 0.453 e. The van der Waals surface area contributed by atoms with E-state index in [-0.39, 0.29) is 0 Å². The summed E-state index contributed by atoms with van der Waals surface area (Å²) in [6.45, 7) is 0.793. The van der Waals surface area contributed by atoms with Gasteiger partial charge in [-0.25, -0.2) is 0 Å². The SMILES string of the molecule is Cc1noc(C(F)(F)F)c1C(F)(F)F. The first kappa shape index (κ1) is 10.9. The fraction of sp³-hybridized carbons (Fsp3) is 0.500. The predicted octanol–water partition coefficient (Wildman–Crippen LogP) is 3.02. The minimum absolute atomic E-state index is 0.793. The van der Waals surface area contributed by atoms with Crippen LogP contribution in [0.1, 0.15) is 17.0 Å². The highest BCUT2D eigenvalue weighted by molar-refractivity contribution is 5.27. The van der Waals surface area contributed by atoms with Crippen LogP contribution in [0.4, 0.5) is 26.3 Å². The highest BCUT2D eigenvalue weighted by Gasteiger charge is 2.49. The standard InChI is InChI=1S/C6H3F6NO/c1-2-3(5(7,8)9)4(14-13-2)6(10,11)12/h1H3. The lowest BCUT2D eigenvalue weighted by Gasteiger charge is -2.08. The Labute approximate surface area is 73.5 Å². The van der Waals surface area contributed by atoms with Crippen LogP contribution >= 0.6 is 0 Å². The van der Waals surface area contributed by atoms with Crippen molar-refractivity contribution < 1.29 is 30.9 Å². The minimum atomic E-state index is -5.19. The van der Waals surface area contributed by atoms with Crippen LogP contribution in [0.15, 0.2) is 4.52 Å². The molecule has 2 nitrogen and oxygen atoms in total. The molecule has 1 rings (SSSR count). The molecule has 0 radical (unpaired) electrons. The Kier molecular flexibility index (Phi) is 2.24. The molecule has 0 unspecified atom stereocenters. The molecule has 0 aliphatic rings. The molecule has 0 spiro atoms. The molecule has 8 heteroatoms. The minimum Gasteiger partial charge on any atom is -0.351 e. The molecule has 0 atom stereocenters. The predicted molar refractivity (Wildman–Crippen MR) is 31.2 cm³/mol. The van der Waals surface area contributed by atoms with Gasteiger partial charge in [0.2, 0.25) is 0 Å². The third-order valence-corrected chi connectivity index (χ3v) is 1.40. The van der Waals surface area contributed by atoms with Gasteiger partial charge in [0.25, 0.3) is 5.76 Å². The molecular formula is C6H3F6NO. The summed E-state index contributed by atoms with van der Waals surface area (Å²) in [7, 11) is 0. The average molecular weight is 219 g/mol. The molecule has 1 aromatic heterocycles. The van der Waals surface area contributed by atoms with Gasteiger partial charge in [0.1, 0.15) is 5.56 Å². The lowest BCUT2D eigenvalue weighted by molar-refractivity contribution is -0.174. The van der Waals surface area contributed by atoms with Gasteiger partial charge in [-0.2, -0.15) is 26.3 Å². The van der Waals surface area contributed by atoms with E-state index in [4.69, 9.17) is 0 Å². The number of halogens is 6. The van der Waals surface area contributed by atoms with Gasteiger partial charge in [-0.15, -0.1) is 0 Å². The molecule has 0 aliphatic carbocycles. The van der Waals surface area contributed by atoms with E-state index in [1.54, 1.807) is 0 Å². The van der Waals surface area contributed by atoms with Crippen LogP contribution in [-0.4, -0.2) is 5.16 Å². The topological polar surface area (TPSA) is 26.0 Å². The average Bonchev–Trinajstić information content (AvgIpc) is 2.27. The Hall–Kier alpha value is -1.21. The second-order valence-corrected chi connectivity index (χ2v) is 2.47. The monoisotopic (exact) mass is 219 g/mol. The summed E-state index contributed by atoms with van der Waals surface area (Å²) < 4.78 is 75.7. The summed E-state index contributed by atoms with van der Waals surface area (Å²) in [5.74, 6) is -2.11. The second kappa shape index (κ2) is 2.89. The molecule has 0 saturated heterocycles. The number of alkyl halides is 6. The van der Waals surface area contributed by atoms with Crippen molar-refractivity contribution in [3.63, 3.8) is 0 Å². The molecule has 0 aliphatic heterocycles. The Morgan fingerprint density at radius 1 is 1.00 bits per heavy atom. The van der Waals surface area contributed by atoms with Crippen molar-refractivity contribution in [3.8, 4) is 0 Å². The number of aryl methyl sites for hydroxylation is 1. The number of hydrogen-bond acceptors (Lipinski definition) is 2. The lowest BCUT2D eigenvalue weighted by Crippen LogP contribution is -2.15. The van der Waals surface area contributed by atoms with E-state index in [1.165, 1.54) is 0 Å². The van der Waals surface area contributed by atoms with Gasteiger partial charge in [-0.1, -0.05) is 5.16 Å². The maximum absolute atomic E-state index is 12.1. The van der Waals surface area contributed by atoms with Gasteiger partial charge in [0.05, 0.1) is 5.69 Å². The van der Waals surface area contributed by atoms with E-state index in [0.717, 1.165) is 6.92 Å². The normalized spacial score (nSPS) is 13.4. The zero-order chi connectivity index (χ0) is 11.1. The molecular weight excluding hydrogens is 216 g/mol. The summed E-state index contributed by atoms with van der Waals surface area (Å²) in [6, 6.07) is 0. The van der Waals surface area contributed by atoms with Gasteiger partial charge >= 0.3 is 12.4 Å². The van der Waals surface area contributed by atoms with Crippen LogP contribution in [-0.2, 0) is 12.4 Å². The van der Waals surface area contributed by atoms with Crippen LogP contribution in [0.5, 0.6) is 0 Å². The second-order valence-electron chi connectivity index (χ2n) is 2.47. The van der Waals surface area contributed by atoms with Crippen molar-refractivity contribution in [2.45, 2.75) is 19.3 Å². The lowest BCUT2D eigenvalue weighted by atomic mass is 10.2. The molecule has 80 valence electrons.